The molecule has 0 saturated carbocycles. The number of amides is 2. The Bertz CT molecular complexity index is 778. The summed E-state index contributed by atoms with van der Waals surface area (Å²) in [6.07, 6.45) is 5.11. The lowest BCUT2D eigenvalue weighted by molar-refractivity contribution is -0.144. The van der Waals surface area contributed by atoms with Gasteiger partial charge in [0.25, 0.3) is 0 Å². The summed E-state index contributed by atoms with van der Waals surface area (Å²) in [6, 6.07) is 2.21. The fraction of sp³-hybridized carbons (Fsp3) is 0.500. The fourth-order valence-corrected chi connectivity index (χ4v) is 3.34. The van der Waals surface area contributed by atoms with Crippen molar-refractivity contribution < 1.29 is 9.59 Å². The maximum Gasteiger partial charge on any atom is 0.244 e. The molecule has 0 spiro atoms. The first kappa shape index (κ1) is 14.2. The maximum absolute atomic E-state index is 12.4. The van der Waals surface area contributed by atoms with E-state index in [0.717, 1.165) is 29.6 Å². The zero-order chi connectivity index (χ0) is 16.0. The molecule has 23 heavy (non-hydrogen) atoms. The van der Waals surface area contributed by atoms with Crippen molar-refractivity contribution in [2.45, 2.75) is 32.4 Å². The smallest absolute Gasteiger partial charge is 0.244 e. The molecule has 7 nitrogen and oxygen atoms in total. The third kappa shape index (κ3) is 2.46. The van der Waals surface area contributed by atoms with Gasteiger partial charge in [-0.25, -0.2) is 9.67 Å². The van der Waals surface area contributed by atoms with E-state index in [1.807, 2.05) is 17.9 Å². The lowest BCUT2D eigenvalue weighted by atomic mass is 10.1. The summed E-state index contributed by atoms with van der Waals surface area (Å²) in [5.41, 5.74) is 1.81. The van der Waals surface area contributed by atoms with Crippen LogP contribution in [0.15, 0.2) is 18.5 Å². The molecular formula is C16H19N5O2. The Morgan fingerprint density at radius 3 is 2.91 bits per heavy atom. The Kier molecular flexibility index (Phi) is 3.28. The fourth-order valence-electron chi connectivity index (χ4n) is 3.34. The summed E-state index contributed by atoms with van der Waals surface area (Å²) in [5, 5.41) is 5.21. The number of hydrogen-bond acceptors (Lipinski definition) is 4. The third-order valence-electron chi connectivity index (χ3n) is 4.66. The zero-order valence-electron chi connectivity index (χ0n) is 13.1. The van der Waals surface area contributed by atoms with Gasteiger partial charge in [0.15, 0.2) is 5.65 Å². The summed E-state index contributed by atoms with van der Waals surface area (Å²) in [6.45, 7) is 4.28. The molecule has 2 aromatic rings. The van der Waals surface area contributed by atoms with E-state index in [2.05, 4.69) is 10.1 Å². The van der Waals surface area contributed by atoms with Crippen LogP contribution in [0.2, 0.25) is 0 Å². The van der Waals surface area contributed by atoms with Crippen molar-refractivity contribution in [2.75, 3.05) is 19.6 Å². The first-order valence-electron chi connectivity index (χ1n) is 7.97. The minimum absolute atomic E-state index is 0.0280. The summed E-state index contributed by atoms with van der Waals surface area (Å²) < 4.78 is 1.64. The number of pyridine rings is 1. The molecule has 4 rings (SSSR count). The summed E-state index contributed by atoms with van der Waals surface area (Å²) in [7, 11) is 0. The SMILES string of the molecule is Cc1cnc2c(cnn2CC(=O)N2CC(N3CCCC3=O)C2)c1. The number of hydrogen-bond donors (Lipinski definition) is 0. The Labute approximate surface area is 133 Å². The Morgan fingerprint density at radius 1 is 1.35 bits per heavy atom. The number of aromatic nitrogens is 3. The van der Waals surface area contributed by atoms with Crippen molar-refractivity contribution in [3.63, 3.8) is 0 Å². The molecule has 0 radical (unpaired) electrons. The Hall–Kier alpha value is -2.44. The van der Waals surface area contributed by atoms with Gasteiger partial charge in [0, 0.05) is 37.6 Å². The highest BCUT2D eigenvalue weighted by molar-refractivity contribution is 5.82. The van der Waals surface area contributed by atoms with Gasteiger partial charge >= 0.3 is 0 Å². The van der Waals surface area contributed by atoms with Crippen LogP contribution >= 0.6 is 0 Å². The number of nitrogens with zero attached hydrogens (tertiary/aromatic N) is 5. The van der Waals surface area contributed by atoms with Crippen LogP contribution in [0.3, 0.4) is 0 Å². The minimum atomic E-state index is 0.0280. The summed E-state index contributed by atoms with van der Waals surface area (Å²) in [4.78, 5) is 32.2. The topological polar surface area (TPSA) is 71.3 Å². The molecule has 0 N–H and O–H groups in total. The largest absolute Gasteiger partial charge is 0.337 e. The van der Waals surface area contributed by atoms with Gasteiger partial charge in [-0.3, -0.25) is 9.59 Å². The van der Waals surface area contributed by atoms with Gasteiger partial charge in [-0.2, -0.15) is 5.10 Å². The monoisotopic (exact) mass is 313 g/mol. The van der Waals surface area contributed by atoms with E-state index in [4.69, 9.17) is 0 Å². The van der Waals surface area contributed by atoms with Gasteiger partial charge in [0.2, 0.25) is 11.8 Å². The molecule has 2 saturated heterocycles. The normalized spacial score (nSPS) is 18.7. The van der Waals surface area contributed by atoms with Crippen LogP contribution in [0.25, 0.3) is 11.0 Å². The van der Waals surface area contributed by atoms with E-state index < -0.39 is 0 Å². The molecule has 2 amide bonds. The quantitative estimate of drug-likeness (QED) is 0.831. The zero-order valence-corrected chi connectivity index (χ0v) is 13.1. The molecule has 7 heteroatoms. The van der Waals surface area contributed by atoms with E-state index in [-0.39, 0.29) is 24.4 Å². The Balaban J connectivity index is 1.40. The van der Waals surface area contributed by atoms with E-state index in [1.54, 1.807) is 22.0 Å². The molecule has 2 aromatic heterocycles. The lowest BCUT2D eigenvalue weighted by Gasteiger charge is -2.43. The molecular weight excluding hydrogens is 294 g/mol. The van der Waals surface area contributed by atoms with Crippen LogP contribution in [-0.2, 0) is 16.1 Å². The van der Waals surface area contributed by atoms with Gasteiger partial charge in [0.05, 0.1) is 12.2 Å². The third-order valence-corrected chi connectivity index (χ3v) is 4.66. The number of carbonyl (C=O) groups is 2. The van der Waals surface area contributed by atoms with Crippen molar-refractivity contribution in [3.05, 3.63) is 24.0 Å². The average Bonchev–Trinajstić information content (AvgIpc) is 3.05. The second kappa shape index (κ2) is 5.33. The molecule has 2 aliphatic rings. The van der Waals surface area contributed by atoms with E-state index in [9.17, 15) is 9.59 Å². The first-order chi connectivity index (χ1) is 11.1. The molecule has 2 aliphatic heterocycles. The molecule has 0 aliphatic carbocycles. The van der Waals surface area contributed by atoms with Crippen LogP contribution in [-0.4, -0.2) is 62.1 Å². The Morgan fingerprint density at radius 2 is 2.17 bits per heavy atom. The van der Waals surface area contributed by atoms with Gasteiger partial charge in [-0.15, -0.1) is 0 Å². The van der Waals surface area contributed by atoms with E-state index >= 15 is 0 Å². The summed E-state index contributed by atoms with van der Waals surface area (Å²) >= 11 is 0. The van der Waals surface area contributed by atoms with Crippen molar-refractivity contribution in [3.8, 4) is 0 Å². The number of fused-ring (bicyclic) bond motifs is 1. The molecule has 0 aromatic carbocycles. The second-order valence-corrected chi connectivity index (χ2v) is 6.37. The van der Waals surface area contributed by atoms with Gasteiger partial charge in [0.1, 0.15) is 6.54 Å². The predicted octanol–water partition coefficient (Wildman–Crippen LogP) is 0.573. The van der Waals surface area contributed by atoms with E-state index in [0.29, 0.717) is 19.5 Å². The van der Waals surface area contributed by atoms with Crippen LogP contribution < -0.4 is 0 Å². The molecule has 120 valence electrons. The number of likely N-dealkylation sites (tertiary alicyclic amines) is 2. The first-order valence-corrected chi connectivity index (χ1v) is 7.97. The maximum atomic E-state index is 12.4. The van der Waals surface area contributed by atoms with Crippen LogP contribution in [0.5, 0.6) is 0 Å². The number of rotatable bonds is 3. The minimum Gasteiger partial charge on any atom is -0.337 e. The van der Waals surface area contributed by atoms with Gasteiger partial charge < -0.3 is 9.80 Å². The van der Waals surface area contributed by atoms with Crippen molar-refractivity contribution >= 4 is 22.8 Å². The van der Waals surface area contributed by atoms with Crippen molar-refractivity contribution in [1.29, 1.82) is 0 Å². The molecule has 4 heterocycles. The number of aryl methyl sites for hydroxylation is 1. The molecule has 0 unspecified atom stereocenters. The van der Waals surface area contributed by atoms with E-state index in [1.165, 1.54) is 0 Å². The van der Waals surface area contributed by atoms with Crippen molar-refractivity contribution in [1.82, 2.24) is 24.6 Å². The molecule has 2 fully saturated rings. The lowest BCUT2D eigenvalue weighted by Crippen LogP contribution is -2.61. The van der Waals surface area contributed by atoms with Crippen molar-refractivity contribution in [2.24, 2.45) is 0 Å². The highest BCUT2D eigenvalue weighted by atomic mass is 16.2. The highest BCUT2D eigenvalue weighted by Crippen LogP contribution is 2.21. The highest BCUT2D eigenvalue weighted by Gasteiger charge is 2.38. The predicted molar refractivity (Wildman–Crippen MR) is 83.6 cm³/mol. The second-order valence-electron chi connectivity index (χ2n) is 6.37. The standard InChI is InChI=1S/C16H19N5O2/c1-11-5-12-7-18-21(16(12)17-6-11)10-15(23)19-8-13(9-19)20-4-2-3-14(20)22/h5-7,13H,2-4,8-10H2,1H3. The molecule has 0 bridgehead atoms. The number of carbonyl (C=O) groups excluding carboxylic acids is 2. The molecule has 0 atom stereocenters. The summed E-state index contributed by atoms with van der Waals surface area (Å²) in [5.74, 6) is 0.250. The average molecular weight is 313 g/mol. The van der Waals surface area contributed by atoms with Crippen LogP contribution in [0.1, 0.15) is 18.4 Å². The van der Waals surface area contributed by atoms with Gasteiger partial charge in [-0.05, 0) is 25.0 Å². The van der Waals surface area contributed by atoms with Crippen LogP contribution in [0.4, 0.5) is 0 Å². The van der Waals surface area contributed by atoms with Crippen LogP contribution in [0, 0.1) is 6.92 Å². The van der Waals surface area contributed by atoms with Gasteiger partial charge in [-0.1, -0.05) is 0 Å².